The Hall–Kier alpha value is -2.11. The summed E-state index contributed by atoms with van der Waals surface area (Å²) in [5.41, 5.74) is 3.91. The largest absolute Gasteiger partial charge is 0.468 e. The minimum absolute atomic E-state index is 0.0582. The molecule has 0 unspecified atom stereocenters. The number of ether oxygens (including phenoxy) is 1. The predicted octanol–water partition coefficient (Wildman–Crippen LogP) is 4.60. The number of carbonyl (C=O) groups is 1. The number of amides is 1. The molecular weight excluding hydrogens is 390 g/mol. The normalized spacial score (nSPS) is 18.9. The Morgan fingerprint density at radius 2 is 1.74 bits per heavy atom. The van der Waals surface area contributed by atoms with Gasteiger partial charge < -0.3 is 10.1 Å². The number of benzene rings is 2. The maximum absolute atomic E-state index is 13.3. The highest BCUT2D eigenvalue weighted by Crippen LogP contribution is 2.33. The van der Waals surface area contributed by atoms with Crippen LogP contribution in [-0.2, 0) is 16.1 Å². The molecule has 0 saturated carbocycles. The van der Waals surface area contributed by atoms with Crippen LogP contribution in [0.2, 0.25) is 0 Å². The molecule has 1 aliphatic rings. The molecule has 27 heavy (non-hydrogen) atoms. The lowest BCUT2D eigenvalue weighted by Gasteiger charge is -2.16. The van der Waals surface area contributed by atoms with Crippen molar-refractivity contribution in [1.29, 1.82) is 0 Å². The van der Waals surface area contributed by atoms with Gasteiger partial charge in [0.1, 0.15) is 12.7 Å². The number of alkyl halides is 3. The van der Waals surface area contributed by atoms with E-state index in [2.05, 4.69) is 10.3 Å². The van der Waals surface area contributed by atoms with Crippen LogP contribution in [0.1, 0.15) is 24.2 Å². The van der Waals surface area contributed by atoms with Crippen LogP contribution in [0, 0.1) is 0 Å². The molecule has 0 aromatic heterocycles. The number of nitrogens with one attached hydrogen (secondary N) is 1. The van der Waals surface area contributed by atoms with Gasteiger partial charge in [-0.3, -0.25) is 4.79 Å². The van der Waals surface area contributed by atoms with Crippen molar-refractivity contribution in [2.24, 2.45) is 4.99 Å². The second kappa shape index (κ2) is 8.72. The van der Waals surface area contributed by atoms with Crippen LogP contribution in [0.25, 0.3) is 11.1 Å². The Morgan fingerprint density at radius 1 is 1.15 bits per heavy atom. The van der Waals surface area contributed by atoms with Gasteiger partial charge in [-0.25, -0.2) is 9.38 Å². The fourth-order valence-electron chi connectivity index (χ4n) is 2.89. The molecule has 1 aliphatic heterocycles. The van der Waals surface area contributed by atoms with Gasteiger partial charge in [-0.05, 0) is 22.3 Å². The van der Waals surface area contributed by atoms with Gasteiger partial charge >= 0.3 is 0 Å². The van der Waals surface area contributed by atoms with Gasteiger partial charge in [0, 0.05) is 13.5 Å². The number of nitrogens with zero attached hydrogens (tertiary/aromatic N) is 1. The van der Waals surface area contributed by atoms with E-state index in [0.29, 0.717) is 6.54 Å². The lowest BCUT2D eigenvalue weighted by Crippen LogP contribution is -2.18. The molecule has 0 radical (unpaired) electrons. The third kappa shape index (κ3) is 4.79. The van der Waals surface area contributed by atoms with E-state index in [1.165, 1.54) is 6.92 Å². The third-order valence-corrected chi connectivity index (χ3v) is 4.68. The first-order chi connectivity index (χ1) is 13.0. The van der Waals surface area contributed by atoms with E-state index < -0.39 is 23.7 Å². The van der Waals surface area contributed by atoms with Gasteiger partial charge in [0.05, 0.1) is 0 Å². The van der Waals surface area contributed by atoms with Gasteiger partial charge in [-0.1, -0.05) is 71.7 Å². The molecule has 7 heteroatoms. The van der Waals surface area contributed by atoms with Crippen molar-refractivity contribution < 1.29 is 13.9 Å². The lowest BCUT2D eigenvalue weighted by molar-refractivity contribution is -0.119. The Kier molecular flexibility index (Phi) is 6.34. The van der Waals surface area contributed by atoms with Crippen molar-refractivity contribution in [2.45, 2.75) is 30.5 Å². The zero-order chi connectivity index (χ0) is 19.4. The number of halogens is 3. The van der Waals surface area contributed by atoms with Gasteiger partial charge in [0.25, 0.3) is 0 Å². The van der Waals surface area contributed by atoms with E-state index in [4.69, 9.17) is 27.9 Å². The van der Waals surface area contributed by atoms with Crippen molar-refractivity contribution >= 4 is 35.0 Å². The van der Waals surface area contributed by atoms with Gasteiger partial charge in [0.15, 0.2) is 10.9 Å². The SMILES string of the molecule is CC(=O)NCc1ccc(-c2ccc([C@@H]3OC(C(Cl)Cl)=N[C@@H]3CF)cc2)cc1. The maximum atomic E-state index is 13.3. The first-order valence-electron chi connectivity index (χ1n) is 8.50. The number of hydrogen-bond acceptors (Lipinski definition) is 3. The minimum atomic E-state index is -0.903. The molecule has 2 aromatic rings. The summed E-state index contributed by atoms with van der Waals surface area (Å²) < 4.78 is 18.9. The van der Waals surface area contributed by atoms with Crippen molar-refractivity contribution in [2.75, 3.05) is 6.67 Å². The fourth-order valence-corrected chi connectivity index (χ4v) is 3.11. The summed E-state index contributed by atoms with van der Waals surface area (Å²) in [5.74, 6) is 0.0991. The smallest absolute Gasteiger partial charge is 0.218 e. The summed E-state index contributed by atoms with van der Waals surface area (Å²) in [7, 11) is 0. The Balaban J connectivity index is 1.71. The monoisotopic (exact) mass is 408 g/mol. The highest BCUT2D eigenvalue weighted by atomic mass is 35.5. The Bertz CT molecular complexity index is 823. The summed E-state index contributed by atoms with van der Waals surface area (Å²) in [5, 5.41) is 2.77. The second-order valence-corrected chi connectivity index (χ2v) is 7.35. The minimum Gasteiger partial charge on any atom is -0.468 e. The van der Waals surface area contributed by atoms with Crippen molar-refractivity contribution in [3.63, 3.8) is 0 Å². The molecule has 2 aromatic carbocycles. The van der Waals surface area contributed by atoms with Crippen LogP contribution in [0.4, 0.5) is 4.39 Å². The van der Waals surface area contributed by atoms with Crippen LogP contribution in [0.15, 0.2) is 53.5 Å². The van der Waals surface area contributed by atoms with E-state index in [1.807, 2.05) is 48.5 Å². The summed E-state index contributed by atoms with van der Waals surface area (Å²) in [4.78, 5) is 14.2. The summed E-state index contributed by atoms with van der Waals surface area (Å²) in [6, 6.07) is 15.0. The van der Waals surface area contributed by atoms with E-state index in [0.717, 1.165) is 22.3 Å². The Labute approximate surface area is 167 Å². The molecule has 0 aliphatic carbocycles. The van der Waals surface area contributed by atoms with E-state index in [-0.39, 0.29) is 11.8 Å². The fraction of sp³-hybridized carbons (Fsp3) is 0.300. The molecule has 142 valence electrons. The molecule has 1 amide bonds. The van der Waals surface area contributed by atoms with Gasteiger partial charge in [-0.15, -0.1) is 0 Å². The number of carbonyl (C=O) groups excluding carboxylic acids is 1. The average molecular weight is 409 g/mol. The number of aliphatic imine (C=N–C) groups is 1. The third-order valence-electron chi connectivity index (χ3n) is 4.30. The van der Waals surface area contributed by atoms with Crippen LogP contribution in [0.5, 0.6) is 0 Å². The van der Waals surface area contributed by atoms with E-state index >= 15 is 0 Å². The van der Waals surface area contributed by atoms with Crippen LogP contribution < -0.4 is 5.32 Å². The average Bonchev–Trinajstić information content (AvgIpc) is 3.12. The molecule has 2 atom stereocenters. The topological polar surface area (TPSA) is 50.7 Å². The summed E-state index contributed by atoms with van der Waals surface area (Å²) in [6.45, 7) is 1.35. The number of hydrogen-bond donors (Lipinski definition) is 1. The predicted molar refractivity (Wildman–Crippen MR) is 106 cm³/mol. The van der Waals surface area contributed by atoms with E-state index in [1.54, 1.807) is 0 Å². The first-order valence-corrected chi connectivity index (χ1v) is 9.37. The molecule has 0 bridgehead atoms. The maximum Gasteiger partial charge on any atom is 0.218 e. The van der Waals surface area contributed by atoms with Crippen LogP contribution in [-0.4, -0.2) is 29.4 Å². The highest BCUT2D eigenvalue weighted by Gasteiger charge is 2.34. The summed E-state index contributed by atoms with van der Waals surface area (Å²) in [6.07, 6.45) is -0.529. The van der Waals surface area contributed by atoms with Gasteiger partial charge in [0.2, 0.25) is 11.8 Å². The van der Waals surface area contributed by atoms with E-state index in [9.17, 15) is 9.18 Å². The molecular formula is C20H19Cl2FN2O2. The zero-order valence-electron chi connectivity index (χ0n) is 14.7. The standard InChI is InChI=1S/C20H19Cl2FN2O2/c1-12(26)24-11-13-2-4-14(5-3-13)15-6-8-16(9-7-15)18-17(10-23)25-20(27-18)19(21)22/h2-9,17-19H,10-11H2,1H3,(H,24,26)/t17-,18+/m1/s1. The van der Waals surface area contributed by atoms with Crippen molar-refractivity contribution in [1.82, 2.24) is 5.32 Å². The molecule has 1 N–H and O–H groups in total. The van der Waals surface area contributed by atoms with Crippen LogP contribution >= 0.6 is 23.2 Å². The van der Waals surface area contributed by atoms with Crippen molar-refractivity contribution in [3.05, 3.63) is 59.7 Å². The molecule has 1 heterocycles. The van der Waals surface area contributed by atoms with Crippen LogP contribution in [0.3, 0.4) is 0 Å². The second-order valence-electron chi connectivity index (χ2n) is 6.26. The molecule has 0 spiro atoms. The highest BCUT2D eigenvalue weighted by molar-refractivity contribution is 6.53. The number of rotatable bonds is 6. The van der Waals surface area contributed by atoms with Crippen molar-refractivity contribution in [3.8, 4) is 11.1 Å². The molecule has 3 rings (SSSR count). The summed E-state index contributed by atoms with van der Waals surface area (Å²) >= 11 is 11.6. The van der Waals surface area contributed by atoms with Gasteiger partial charge in [-0.2, -0.15) is 0 Å². The first kappa shape index (κ1) is 19.6. The molecule has 0 fully saturated rings. The zero-order valence-corrected chi connectivity index (χ0v) is 16.2. The molecule has 4 nitrogen and oxygen atoms in total. The molecule has 0 saturated heterocycles. The lowest BCUT2D eigenvalue weighted by atomic mass is 9.98. The Morgan fingerprint density at radius 3 is 2.26 bits per heavy atom. The quantitative estimate of drug-likeness (QED) is 0.709.